The minimum Gasteiger partial charge on any atom is -0.342 e. The van der Waals surface area contributed by atoms with E-state index < -0.39 is 0 Å². The van der Waals surface area contributed by atoms with E-state index in [4.69, 9.17) is 0 Å². The highest BCUT2D eigenvalue weighted by atomic mass is 32.2. The maximum Gasteiger partial charge on any atom is 0.233 e. The van der Waals surface area contributed by atoms with Crippen molar-refractivity contribution in [3.8, 4) is 11.4 Å². The molecule has 2 saturated carbocycles. The van der Waals surface area contributed by atoms with E-state index in [1.54, 1.807) is 18.2 Å². The molecule has 0 atom stereocenters. The molecule has 0 saturated heterocycles. The summed E-state index contributed by atoms with van der Waals surface area (Å²) in [4.78, 5) is 14.0. The van der Waals surface area contributed by atoms with Crippen LogP contribution in [-0.4, -0.2) is 44.4 Å². The minimum absolute atomic E-state index is 0.111. The number of carbonyl (C=O) groups excluding carboxylic acids is 1. The van der Waals surface area contributed by atoms with Gasteiger partial charge in [0.1, 0.15) is 5.82 Å². The van der Waals surface area contributed by atoms with Crippen molar-refractivity contribution >= 4 is 17.7 Å². The lowest BCUT2D eigenvalue weighted by Crippen LogP contribution is -2.30. The predicted octanol–water partition coefficient (Wildman–Crippen LogP) is 3.13. The molecule has 2 aromatic rings. The normalized spacial score (nSPS) is 17.1. The molecule has 5 nitrogen and oxygen atoms in total. The summed E-state index contributed by atoms with van der Waals surface area (Å²) in [5, 5.41) is 9.13. The number of amides is 1. The zero-order valence-corrected chi connectivity index (χ0v) is 14.3. The maximum atomic E-state index is 14.1. The van der Waals surface area contributed by atoms with E-state index in [-0.39, 0.29) is 11.7 Å². The van der Waals surface area contributed by atoms with E-state index in [9.17, 15) is 9.18 Å². The van der Waals surface area contributed by atoms with Gasteiger partial charge in [0, 0.05) is 19.1 Å². The Balaban J connectivity index is 1.56. The summed E-state index contributed by atoms with van der Waals surface area (Å²) in [6.07, 6.45) is 4.29. The van der Waals surface area contributed by atoms with Gasteiger partial charge in [-0.1, -0.05) is 23.9 Å². The first-order valence-electron chi connectivity index (χ1n) is 8.23. The fourth-order valence-electron chi connectivity index (χ4n) is 2.76. The topological polar surface area (TPSA) is 51.0 Å². The van der Waals surface area contributed by atoms with Gasteiger partial charge in [-0.05, 0) is 37.8 Å². The van der Waals surface area contributed by atoms with Crippen LogP contribution in [0.2, 0.25) is 0 Å². The van der Waals surface area contributed by atoms with Gasteiger partial charge in [0.2, 0.25) is 5.91 Å². The molecule has 0 unspecified atom stereocenters. The molecule has 7 heteroatoms. The highest BCUT2D eigenvalue weighted by molar-refractivity contribution is 7.99. The van der Waals surface area contributed by atoms with Crippen LogP contribution in [0.3, 0.4) is 0 Å². The Morgan fingerprint density at radius 2 is 2.04 bits per heavy atom. The summed E-state index contributed by atoms with van der Waals surface area (Å²) >= 11 is 1.39. The first-order valence-corrected chi connectivity index (χ1v) is 9.22. The average Bonchev–Trinajstić information content (AvgIpc) is 3.50. The molecule has 0 bridgehead atoms. The van der Waals surface area contributed by atoms with Crippen molar-refractivity contribution in [3.05, 3.63) is 30.1 Å². The molecular formula is C17H19FN4OS. The van der Waals surface area contributed by atoms with Crippen LogP contribution >= 0.6 is 11.8 Å². The van der Waals surface area contributed by atoms with E-state index in [1.165, 1.54) is 17.8 Å². The largest absolute Gasteiger partial charge is 0.342 e. The van der Waals surface area contributed by atoms with Crippen molar-refractivity contribution in [2.75, 3.05) is 12.8 Å². The first kappa shape index (κ1) is 15.6. The number of thioether (sulfide) groups is 1. The molecule has 1 aromatic carbocycles. The lowest BCUT2D eigenvalue weighted by atomic mass is 10.2. The number of hydrogen-bond donors (Lipinski definition) is 0. The van der Waals surface area contributed by atoms with Crippen LogP contribution in [0.1, 0.15) is 31.7 Å². The molecular weight excluding hydrogens is 327 g/mol. The Morgan fingerprint density at radius 3 is 2.71 bits per heavy atom. The molecule has 126 valence electrons. The van der Waals surface area contributed by atoms with Crippen LogP contribution in [0.25, 0.3) is 11.4 Å². The number of nitrogens with zero attached hydrogens (tertiary/aromatic N) is 4. The van der Waals surface area contributed by atoms with Crippen LogP contribution in [0.15, 0.2) is 29.4 Å². The molecule has 1 amide bonds. The van der Waals surface area contributed by atoms with E-state index in [1.807, 2.05) is 16.5 Å². The number of aromatic nitrogens is 3. The van der Waals surface area contributed by atoms with Crippen LogP contribution < -0.4 is 0 Å². The number of halogens is 1. The molecule has 2 aliphatic carbocycles. The van der Waals surface area contributed by atoms with Gasteiger partial charge in [0.05, 0.1) is 11.3 Å². The Hall–Kier alpha value is -1.89. The fourth-order valence-corrected chi connectivity index (χ4v) is 3.69. The Kier molecular flexibility index (Phi) is 4.04. The van der Waals surface area contributed by atoms with E-state index in [0.29, 0.717) is 34.4 Å². The first-order chi connectivity index (χ1) is 11.6. The lowest BCUT2D eigenvalue weighted by Gasteiger charge is -2.15. The summed E-state index contributed by atoms with van der Waals surface area (Å²) in [6.45, 7) is 0. The fraction of sp³-hybridized carbons (Fsp3) is 0.471. The Labute approximate surface area is 144 Å². The quantitative estimate of drug-likeness (QED) is 0.754. The van der Waals surface area contributed by atoms with Gasteiger partial charge < -0.3 is 4.90 Å². The molecule has 2 fully saturated rings. The zero-order valence-electron chi connectivity index (χ0n) is 13.5. The van der Waals surface area contributed by atoms with E-state index in [2.05, 4.69) is 10.2 Å². The number of benzene rings is 1. The van der Waals surface area contributed by atoms with Gasteiger partial charge in [0.15, 0.2) is 11.0 Å². The maximum absolute atomic E-state index is 14.1. The van der Waals surface area contributed by atoms with Crippen molar-refractivity contribution in [2.24, 2.45) is 0 Å². The summed E-state index contributed by atoms with van der Waals surface area (Å²) in [5.74, 6) is 0.712. The molecule has 0 radical (unpaired) electrons. The number of hydrogen-bond acceptors (Lipinski definition) is 4. The number of carbonyl (C=O) groups is 1. The second-order valence-corrected chi connectivity index (χ2v) is 7.35. The van der Waals surface area contributed by atoms with Crippen LogP contribution in [-0.2, 0) is 4.79 Å². The van der Waals surface area contributed by atoms with Gasteiger partial charge in [-0.2, -0.15) is 0 Å². The van der Waals surface area contributed by atoms with E-state index in [0.717, 1.165) is 25.7 Å². The summed E-state index contributed by atoms with van der Waals surface area (Å²) in [5.41, 5.74) is 0.463. The van der Waals surface area contributed by atoms with Crippen molar-refractivity contribution < 1.29 is 9.18 Å². The molecule has 2 aliphatic rings. The van der Waals surface area contributed by atoms with Crippen molar-refractivity contribution in [1.82, 2.24) is 19.7 Å². The Bertz CT molecular complexity index is 770. The minimum atomic E-state index is -0.298. The molecule has 0 aliphatic heterocycles. The molecule has 4 rings (SSSR count). The van der Waals surface area contributed by atoms with Crippen molar-refractivity contribution in [3.63, 3.8) is 0 Å². The molecule has 1 aromatic heterocycles. The second kappa shape index (κ2) is 6.20. The Morgan fingerprint density at radius 1 is 1.29 bits per heavy atom. The van der Waals surface area contributed by atoms with Gasteiger partial charge in [-0.25, -0.2) is 4.39 Å². The summed E-state index contributed by atoms with van der Waals surface area (Å²) in [6, 6.07) is 7.34. The zero-order chi connectivity index (χ0) is 16.7. The third kappa shape index (κ3) is 3.05. The third-order valence-electron chi connectivity index (χ3n) is 4.50. The standard InChI is InChI=1S/C17H19FN4OS/c1-21(11-6-7-11)15(23)10-24-17-20-19-16(22(17)12-8-9-12)13-4-2-3-5-14(13)18/h2-5,11-12H,6-10H2,1H3. The molecule has 1 heterocycles. The van der Waals surface area contributed by atoms with Crippen LogP contribution in [0.4, 0.5) is 4.39 Å². The van der Waals surface area contributed by atoms with Crippen molar-refractivity contribution in [2.45, 2.75) is 42.9 Å². The third-order valence-corrected chi connectivity index (χ3v) is 5.43. The average molecular weight is 346 g/mol. The molecule has 0 N–H and O–H groups in total. The second-order valence-electron chi connectivity index (χ2n) is 6.41. The number of rotatable bonds is 6. The van der Waals surface area contributed by atoms with Gasteiger partial charge in [0.25, 0.3) is 0 Å². The van der Waals surface area contributed by atoms with Crippen LogP contribution in [0, 0.1) is 5.82 Å². The van der Waals surface area contributed by atoms with Crippen molar-refractivity contribution in [1.29, 1.82) is 0 Å². The SMILES string of the molecule is CN(C(=O)CSc1nnc(-c2ccccc2F)n1C1CC1)C1CC1. The predicted molar refractivity (Wildman–Crippen MR) is 90.2 cm³/mol. The smallest absolute Gasteiger partial charge is 0.233 e. The van der Waals surface area contributed by atoms with E-state index >= 15 is 0 Å². The van der Waals surface area contributed by atoms with Gasteiger partial charge >= 0.3 is 0 Å². The monoisotopic (exact) mass is 346 g/mol. The molecule has 24 heavy (non-hydrogen) atoms. The van der Waals surface area contributed by atoms with Gasteiger partial charge in [-0.3, -0.25) is 9.36 Å². The molecule has 0 spiro atoms. The lowest BCUT2D eigenvalue weighted by molar-refractivity contribution is -0.127. The summed E-state index contributed by atoms with van der Waals surface area (Å²) < 4.78 is 16.1. The summed E-state index contributed by atoms with van der Waals surface area (Å²) in [7, 11) is 1.86. The highest BCUT2D eigenvalue weighted by Crippen LogP contribution is 2.41. The van der Waals surface area contributed by atoms with Crippen LogP contribution in [0.5, 0.6) is 0 Å². The van der Waals surface area contributed by atoms with Gasteiger partial charge in [-0.15, -0.1) is 10.2 Å². The highest BCUT2D eigenvalue weighted by Gasteiger charge is 2.32.